The topological polar surface area (TPSA) is 94.0 Å². The van der Waals surface area contributed by atoms with Gasteiger partial charge in [0.25, 0.3) is 0 Å². The van der Waals surface area contributed by atoms with Gasteiger partial charge in [-0.1, -0.05) is 6.07 Å². The molecule has 8 nitrogen and oxygen atoms in total. The molecular formula is C21H17FN6O2. The van der Waals surface area contributed by atoms with Crippen molar-refractivity contribution in [2.75, 3.05) is 10.6 Å². The molecule has 0 spiro atoms. The summed E-state index contributed by atoms with van der Waals surface area (Å²) in [4.78, 5) is 20.7. The molecule has 4 rings (SSSR count). The minimum atomic E-state index is -0.482. The minimum absolute atomic E-state index is 0.361. The Labute approximate surface area is 171 Å². The van der Waals surface area contributed by atoms with Crippen molar-refractivity contribution in [1.29, 1.82) is 0 Å². The standard InChI is InChI=1S/C21H17FN6O2/c1-14-24-19(28-11-3-10-23-28)13-20(25-14)30-18-8-6-16(7-9-18)26-21(29)27-17-5-2-4-15(22)12-17/h2-13H,1H3,(H2,26,27,29). The number of hydrogen-bond acceptors (Lipinski definition) is 5. The SMILES string of the molecule is Cc1nc(Oc2ccc(NC(=O)Nc3cccc(F)c3)cc2)cc(-n2cccn2)n1. The van der Waals surface area contributed by atoms with Crippen LogP contribution in [-0.4, -0.2) is 25.8 Å². The predicted molar refractivity (Wildman–Crippen MR) is 109 cm³/mol. The molecule has 0 radical (unpaired) electrons. The maximum atomic E-state index is 13.2. The van der Waals surface area contributed by atoms with E-state index < -0.39 is 11.8 Å². The summed E-state index contributed by atoms with van der Waals surface area (Å²) in [6.07, 6.45) is 3.44. The first kappa shape index (κ1) is 19.1. The molecule has 30 heavy (non-hydrogen) atoms. The Balaban J connectivity index is 1.41. The fourth-order valence-corrected chi connectivity index (χ4v) is 2.69. The van der Waals surface area contributed by atoms with E-state index in [2.05, 4.69) is 25.7 Å². The lowest BCUT2D eigenvalue weighted by molar-refractivity contribution is 0.262. The van der Waals surface area contributed by atoms with Crippen LogP contribution < -0.4 is 15.4 Å². The Hall–Kier alpha value is -4.27. The molecular weight excluding hydrogens is 387 g/mol. The molecule has 4 aromatic rings. The zero-order chi connectivity index (χ0) is 20.9. The first-order valence-corrected chi connectivity index (χ1v) is 9.02. The molecule has 0 atom stereocenters. The van der Waals surface area contributed by atoms with E-state index in [-0.39, 0.29) is 0 Å². The highest BCUT2D eigenvalue weighted by atomic mass is 19.1. The van der Waals surface area contributed by atoms with E-state index in [4.69, 9.17) is 4.74 Å². The van der Waals surface area contributed by atoms with Crippen molar-refractivity contribution in [2.45, 2.75) is 6.92 Å². The van der Waals surface area contributed by atoms with Crippen LogP contribution in [0.2, 0.25) is 0 Å². The Kier molecular flexibility index (Phi) is 5.33. The molecule has 0 aliphatic rings. The minimum Gasteiger partial charge on any atom is -0.439 e. The van der Waals surface area contributed by atoms with Gasteiger partial charge in [0.05, 0.1) is 0 Å². The largest absolute Gasteiger partial charge is 0.439 e. The van der Waals surface area contributed by atoms with Gasteiger partial charge in [-0.15, -0.1) is 0 Å². The third-order valence-electron chi connectivity index (χ3n) is 3.96. The van der Waals surface area contributed by atoms with Crippen LogP contribution in [0.25, 0.3) is 5.82 Å². The van der Waals surface area contributed by atoms with Gasteiger partial charge in [-0.25, -0.2) is 18.9 Å². The second-order valence-corrected chi connectivity index (χ2v) is 6.28. The van der Waals surface area contributed by atoms with Crippen molar-refractivity contribution in [1.82, 2.24) is 19.7 Å². The summed E-state index contributed by atoms with van der Waals surface area (Å²) < 4.78 is 20.6. The van der Waals surface area contributed by atoms with E-state index in [1.807, 2.05) is 0 Å². The number of carbonyl (C=O) groups excluding carboxylic acids is 1. The fourth-order valence-electron chi connectivity index (χ4n) is 2.69. The molecule has 2 N–H and O–H groups in total. The summed E-state index contributed by atoms with van der Waals surface area (Å²) in [5.74, 6) is 1.62. The van der Waals surface area contributed by atoms with Gasteiger partial charge < -0.3 is 15.4 Å². The molecule has 0 fully saturated rings. The molecule has 0 bridgehead atoms. The van der Waals surface area contributed by atoms with E-state index >= 15 is 0 Å². The number of aryl methyl sites for hydroxylation is 1. The van der Waals surface area contributed by atoms with Gasteiger partial charge >= 0.3 is 6.03 Å². The summed E-state index contributed by atoms with van der Waals surface area (Å²) in [5.41, 5.74) is 0.909. The normalized spacial score (nSPS) is 10.5. The number of ether oxygens (including phenoxy) is 1. The molecule has 0 saturated carbocycles. The first-order chi connectivity index (χ1) is 14.5. The highest BCUT2D eigenvalue weighted by Crippen LogP contribution is 2.23. The second-order valence-electron chi connectivity index (χ2n) is 6.28. The second kappa shape index (κ2) is 8.39. The number of urea groups is 1. The highest BCUT2D eigenvalue weighted by Gasteiger charge is 2.08. The number of benzene rings is 2. The predicted octanol–water partition coefficient (Wildman–Crippen LogP) is 4.55. The first-order valence-electron chi connectivity index (χ1n) is 9.02. The Bertz CT molecular complexity index is 1160. The molecule has 9 heteroatoms. The summed E-state index contributed by atoms with van der Waals surface area (Å²) in [5, 5.41) is 9.39. The van der Waals surface area contributed by atoms with Crippen molar-refractivity contribution >= 4 is 17.4 Å². The zero-order valence-corrected chi connectivity index (χ0v) is 15.9. The Morgan fingerprint density at radius 1 is 1.00 bits per heavy atom. The number of nitrogens with zero attached hydrogens (tertiary/aromatic N) is 4. The molecule has 0 unspecified atom stereocenters. The van der Waals surface area contributed by atoms with Gasteiger partial charge in [0, 0.05) is 29.8 Å². The Morgan fingerprint density at radius 3 is 2.53 bits per heavy atom. The van der Waals surface area contributed by atoms with Crippen LogP contribution >= 0.6 is 0 Å². The fraction of sp³-hybridized carbons (Fsp3) is 0.0476. The number of amides is 2. The van der Waals surface area contributed by atoms with E-state index in [0.717, 1.165) is 0 Å². The smallest absolute Gasteiger partial charge is 0.323 e. The van der Waals surface area contributed by atoms with Crippen LogP contribution in [0, 0.1) is 12.7 Å². The Morgan fingerprint density at radius 2 is 1.80 bits per heavy atom. The number of nitrogens with one attached hydrogen (secondary N) is 2. The summed E-state index contributed by atoms with van der Waals surface area (Å²) >= 11 is 0. The molecule has 0 saturated heterocycles. The quantitative estimate of drug-likeness (QED) is 0.509. The van der Waals surface area contributed by atoms with E-state index in [1.165, 1.54) is 18.2 Å². The van der Waals surface area contributed by atoms with Gasteiger partial charge in [0.1, 0.15) is 17.4 Å². The average molecular weight is 404 g/mol. The van der Waals surface area contributed by atoms with Crippen LogP contribution in [0.15, 0.2) is 73.1 Å². The lowest BCUT2D eigenvalue weighted by Crippen LogP contribution is -2.19. The molecule has 0 aliphatic heterocycles. The third kappa shape index (κ3) is 4.76. The molecule has 2 aromatic heterocycles. The van der Waals surface area contributed by atoms with Crippen molar-refractivity contribution in [3.05, 3.63) is 84.7 Å². The molecule has 0 aliphatic carbocycles. The lowest BCUT2D eigenvalue weighted by Gasteiger charge is -2.10. The molecule has 150 valence electrons. The summed E-state index contributed by atoms with van der Waals surface area (Å²) in [7, 11) is 0. The summed E-state index contributed by atoms with van der Waals surface area (Å²) in [6, 6.07) is 15.4. The highest BCUT2D eigenvalue weighted by molar-refractivity contribution is 5.99. The molecule has 2 heterocycles. The molecule has 2 amide bonds. The monoisotopic (exact) mass is 404 g/mol. The maximum absolute atomic E-state index is 13.2. The number of rotatable bonds is 5. The number of anilines is 2. The van der Waals surface area contributed by atoms with E-state index in [9.17, 15) is 9.18 Å². The van der Waals surface area contributed by atoms with Crippen LogP contribution in [0.1, 0.15) is 5.82 Å². The van der Waals surface area contributed by atoms with Gasteiger partial charge in [-0.3, -0.25) is 0 Å². The van der Waals surface area contributed by atoms with Gasteiger partial charge in [0.2, 0.25) is 5.88 Å². The van der Waals surface area contributed by atoms with Gasteiger partial charge in [-0.2, -0.15) is 10.1 Å². The van der Waals surface area contributed by atoms with Crippen LogP contribution in [0.3, 0.4) is 0 Å². The van der Waals surface area contributed by atoms with E-state index in [0.29, 0.717) is 34.6 Å². The van der Waals surface area contributed by atoms with Crippen molar-refractivity contribution in [2.24, 2.45) is 0 Å². The number of hydrogen-bond donors (Lipinski definition) is 2. The average Bonchev–Trinajstić information content (AvgIpc) is 3.24. The van der Waals surface area contributed by atoms with Crippen LogP contribution in [-0.2, 0) is 0 Å². The van der Waals surface area contributed by atoms with Crippen molar-refractivity contribution in [3.8, 4) is 17.4 Å². The van der Waals surface area contributed by atoms with Gasteiger partial charge in [0.15, 0.2) is 5.82 Å². The maximum Gasteiger partial charge on any atom is 0.323 e. The van der Waals surface area contributed by atoms with Gasteiger partial charge in [-0.05, 0) is 55.5 Å². The lowest BCUT2D eigenvalue weighted by atomic mass is 10.3. The van der Waals surface area contributed by atoms with Crippen LogP contribution in [0.4, 0.5) is 20.6 Å². The molecule has 2 aromatic carbocycles. The zero-order valence-electron chi connectivity index (χ0n) is 15.9. The number of halogens is 1. The third-order valence-corrected chi connectivity index (χ3v) is 3.96. The number of aromatic nitrogens is 4. The van der Waals surface area contributed by atoms with Crippen LogP contribution in [0.5, 0.6) is 11.6 Å². The number of carbonyl (C=O) groups is 1. The summed E-state index contributed by atoms with van der Waals surface area (Å²) in [6.45, 7) is 1.77. The van der Waals surface area contributed by atoms with Crippen molar-refractivity contribution in [3.63, 3.8) is 0 Å². The van der Waals surface area contributed by atoms with E-state index in [1.54, 1.807) is 66.5 Å². The van der Waals surface area contributed by atoms with Crippen molar-refractivity contribution < 1.29 is 13.9 Å².